The van der Waals surface area contributed by atoms with Crippen LogP contribution in [-0.4, -0.2) is 25.5 Å². The van der Waals surface area contributed by atoms with Crippen molar-refractivity contribution in [3.63, 3.8) is 0 Å². The summed E-state index contributed by atoms with van der Waals surface area (Å²) >= 11 is 0. The van der Waals surface area contributed by atoms with Gasteiger partial charge in [0.25, 0.3) is 5.91 Å². The lowest BCUT2D eigenvalue weighted by molar-refractivity contribution is -0.143. The van der Waals surface area contributed by atoms with Gasteiger partial charge in [0, 0.05) is 31.1 Å². The van der Waals surface area contributed by atoms with Gasteiger partial charge in [0.1, 0.15) is 0 Å². The molecule has 0 spiro atoms. The fraction of sp³-hybridized carbons (Fsp3) is 0.462. The van der Waals surface area contributed by atoms with Crippen molar-refractivity contribution in [3.05, 3.63) is 34.9 Å². The summed E-state index contributed by atoms with van der Waals surface area (Å²) in [5, 5.41) is 5.28. The Balaban J connectivity index is 0.00000264. The summed E-state index contributed by atoms with van der Waals surface area (Å²) in [6, 6.07) is 0.833. The van der Waals surface area contributed by atoms with Gasteiger partial charge in [0.15, 0.2) is 0 Å². The second-order valence-electron chi connectivity index (χ2n) is 5.03. The maximum atomic E-state index is 12.7. The minimum atomic E-state index is -4.96. The molecule has 0 unspecified atom stereocenters. The van der Waals surface area contributed by atoms with E-state index < -0.39 is 35.0 Å². The van der Waals surface area contributed by atoms with Crippen molar-refractivity contribution in [2.75, 3.05) is 19.6 Å². The van der Waals surface area contributed by atoms with Gasteiger partial charge in [-0.25, -0.2) is 0 Å². The molecule has 1 heterocycles. The van der Waals surface area contributed by atoms with Crippen molar-refractivity contribution in [1.82, 2.24) is 10.6 Å². The first-order chi connectivity index (χ1) is 10.1. The van der Waals surface area contributed by atoms with Crippen LogP contribution in [0.2, 0.25) is 0 Å². The van der Waals surface area contributed by atoms with Gasteiger partial charge in [-0.15, -0.1) is 12.4 Å². The maximum Gasteiger partial charge on any atom is 0.416 e. The molecule has 0 radical (unpaired) electrons. The average Bonchev–Trinajstić information content (AvgIpc) is 2.34. The molecular formula is C13H13ClF6N2O. The quantitative estimate of drug-likeness (QED) is 0.811. The lowest BCUT2D eigenvalue weighted by Gasteiger charge is -2.27. The molecular weight excluding hydrogens is 350 g/mol. The molecule has 2 rings (SSSR count). The van der Waals surface area contributed by atoms with E-state index in [4.69, 9.17) is 0 Å². The summed E-state index contributed by atoms with van der Waals surface area (Å²) in [6.45, 7) is 1.50. The highest BCUT2D eigenvalue weighted by atomic mass is 35.5. The summed E-state index contributed by atoms with van der Waals surface area (Å²) in [7, 11) is 0. The summed E-state index contributed by atoms with van der Waals surface area (Å²) in [5.41, 5.74) is -3.66. The van der Waals surface area contributed by atoms with Gasteiger partial charge in [0.2, 0.25) is 0 Å². The van der Waals surface area contributed by atoms with Crippen LogP contribution in [0, 0.1) is 5.92 Å². The molecule has 1 aromatic carbocycles. The highest BCUT2D eigenvalue weighted by molar-refractivity contribution is 5.94. The first-order valence-electron chi connectivity index (χ1n) is 6.36. The van der Waals surface area contributed by atoms with Crippen LogP contribution in [0.3, 0.4) is 0 Å². The first-order valence-corrected chi connectivity index (χ1v) is 6.36. The van der Waals surface area contributed by atoms with Crippen molar-refractivity contribution < 1.29 is 31.1 Å². The summed E-state index contributed by atoms with van der Waals surface area (Å²) in [6.07, 6.45) is -9.93. The van der Waals surface area contributed by atoms with Crippen molar-refractivity contribution >= 4 is 18.3 Å². The molecule has 1 saturated heterocycles. The number of halogens is 7. The number of amides is 1. The van der Waals surface area contributed by atoms with E-state index in [9.17, 15) is 31.1 Å². The van der Waals surface area contributed by atoms with E-state index in [-0.39, 0.29) is 30.9 Å². The third kappa shape index (κ3) is 5.00. The van der Waals surface area contributed by atoms with E-state index in [0.717, 1.165) is 0 Å². The van der Waals surface area contributed by atoms with Crippen LogP contribution in [0.4, 0.5) is 26.3 Å². The molecule has 0 saturated carbocycles. The van der Waals surface area contributed by atoms with Crippen molar-refractivity contribution in [2.45, 2.75) is 12.4 Å². The average molecular weight is 363 g/mol. The van der Waals surface area contributed by atoms with Crippen molar-refractivity contribution in [2.24, 2.45) is 5.92 Å². The maximum absolute atomic E-state index is 12.7. The zero-order valence-corrected chi connectivity index (χ0v) is 12.3. The SMILES string of the molecule is Cl.O=C(NCC1CNC1)c1cc(C(F)(F)F)cc(C(F)(F)F)c1. The molecule has 3 nitrogen and oxygen atoms in total. The molecule has 1 aliphatic rings. The molecule has 1 aromatic rings. The number of alkyl halides is 6. The van der Waals surface area contributed by atoms with Crippen LogP contribution in [0.25, 0.3) is 0 Å². The standard InChI is InChI=1S/C13H12F6N2O.ClH/c14-12(15,16)9-1-8(2-10(3-9)13(17,18)19)11(22)21-6-7-4-20-5-7;/h1-3,7,20H,4-6H2,(H,21,22);1H. The Hall–Kier alpha value is -1.48. The zero-order valence-electron chi connectivity index (χ0n) is 11.5. The predicted octanol–water partition coefficient (Wildman–Crippen LogP) is 3.10. The van der Waals surface area contributed by atoms with Crippen molar-refractivity contribution in [3.8, 4) is 0 Å². The molecule has 2 N–H and O–H groups in total. The van der Waals surface area contributed by atoms with E-state index in [1.807, 2.05) is 0 Å². The van der Waals surface area contributed by atoms with E-state index >= 15 is 0 Å². The molecule has 0 bridgehead atoms. The van der Waals surface area contributed by atoms with Gasteiger partial charge in [-0.3, -0.25) is 4.79 Å². The Kier molecular flexibility index (Phi) is 5.92. The molecule has 0 atom stereocenters. The molecule has 0 aliphatic carbocycles. The Morgan fingerprint density at radius 3 is 1.87 bits per heavy atom. The van der Waals surface area contributed by atoms with Gasteiger partial charge in [-0.2, -0.15) is 26.3 Å². The highest BCUT2D eigenvalue weighted by Crippen LogP contribution is 2.36. The molecule has 0 aromatic heterocycles. The number of hydrogen-bond acceptors (Lipinski definition) is 2. The number of hydrogen-bond donors (Lipinski definition) is 2. The lowest BCUT2D eigenvalue weighted by atomic mass is 10.0. The van der Waals surface area contributed by atoms with E-state index in [2.05, 4.69) is 10.6 Å². The highest BCUT2D eigenvalue weighted by Gasteiger charge is 2.37. The largest absolute Gasteiger partial charge is 0.416 e. The topological polar surface area (TPSA) is 41.1 Å². The minimum absolute atomic E-state index is 0. The number of benzene rings is 1. The van der Waals surface area contributed by atoms with Gasteiger partial charge >= 0.3 is 12.4 Å². The van der Waals surface area contributed by atoms with Gasteiger partial charge in [-0.1, -0.05) is 0 Å². The molecule has 130 valence electrons. The second-order valence-corrected chi connectivity index (χ2v) is 5.03. The Morgan fingerprint density at radius 1 is 1.04 bits per heavy atom. The summed E-state index contributed by atoms with van der Waals surface area (Å²) in [5.74, 6) is -0.819. The third-order valence-corrected chi connectivity index (χ3v) is 3.27. The van der Waals surface area contributed by atoms with Crippen LogP contribution in [-0.2, 0) is 12.4 Å². The molecule has 23 heavy (non-hydrogen) atoms. The number of carbonyl (C=O) groups excluding carboxylic acids is 1. The lowest BCUT2D eigenvalue weighted by Crippen LogP contribution is -2.48. The minimum Gasteiger partial charge on any atom is -0.352 e. The monoisotopic (exact) mass is 362 g/mol. The summed E-state index contributed by atoms with van der Waals surface area (Å²) in [4.78, 5) is 11.8. The zero-order chi connectivity index (χ0) is 16.5. The Labute approximate surface area is 133 Å². The van der Waals surface area contributed by atoms with Crippen LogP contribution < -0.4 is 10.6 Å². The normalized spacial score (nSPS) is 15.6. The summed E-state index contributed by atoms with van der Waals surface area (Å²) < 4.78 is 76.0. The number of rotatable bonds is 3. The van der Waals surface area contributed by atoms with E-state index in [0.29, 0.717) is 25.2 Å². The Bertz CT molecular complexity index is 536. The van der Waals surface area contributed by atoms with Crippen LogP contribution >= 0.6 is 12.4 Å². The Morgan fingerprint density at radius 2 is 1.52 bits per heavy atom. The van der Waals surface area contributed by atoms with Crippen molar-refractivity contribution in [1.29, 1.82) is 0 Å². The van der Waals surface area contributed by atoms with Gasteiger partial charge in [0.05, 0.1) is 11.1 Å². The molecule has 1 amide bonds. The number of nitrogens with one attached hydrogen (secondary N) is 2. The fourth-order valence-electron chi connectivity index (χ4n) is 1.92. The van der Waals surface area contributed by atoms with Gasteiger partial charge < -0.3 is 10.6 Å². The second kappa shape index (κ2) is 6.96. The van der Waals surface area contributed by atoms with Crippen LogP contribution in [0.5, 0.6) is 0 Å². The first kappa shape index (κ1) is 19.6. The fourth-order valence-corrected chi connectivity index (χ4v) is 1.92. The van der Waals surface area contributed by atoms with Gasteiger partial charge in [-0.05, 0) is 18.2 Å². The number of carbonyl (C=O) groups is 1. The smallest absolute Gasteiger partial charge is 0.352 e. The molecule has 1 aliphatic heterocycles. The van der Waals surface area contributed by atoms with Crippen LogP contribution in [0.1, 0.15) is 21.5 Å². The third-order valence-electron chi connectivity index (χ3n) is 3.27. The van der Waals surface area contributed by atoms with E-state index in [1.165, 1.54) is 0 Å². The predicted molar refractivity (Wildman–Crippen MR) is 72.4 cm³/mol. The van der Waals surface area contributed by atoms with E-state index in [1.54, 1.807) is 0 Å². The molecule has 1 fully saturated rings. The molecule has 10 heteroatoms. The van der Waals surface area contributed by atoms with Crippen LogP contribution in [0.15, 0.2) is 18.2 Å².